The van der Waals surface area contributed by atoms with Crippen LogP contribution in [0.5, 0.6) is 5.75 Å². The summed E-state index contributed by atoms with van der Waals surface area (Å²) in [6.07, 6.45) is 5.47. The van der Waals surface area contributed by atoms with Crippen molar-refractivity contribution in [2.75, 3.05) is 25.1 Å². The molecule has 1 aliphatic rings. The van der Waals surface area contributed by atoms with E-state index in [0.717, 1.165) is 43.1 Å². The fourth-order valence-corrected chi connectivity index (χ4v) is 4.08. The average Bonchev–Trinajstić information content (AvgIpc) is 2.76. The Kier molecular flexibility index (Phi) is 8.17. The quantitative estimate of drug-likeness (QED) is 0.644. The molecule has 1 saturated heterocycles. The van der Waals surface area contributed by atoms with Crippen molar-refractivity contribution in [3.63, 3.8) is 0 Å². The summed E-state index contributed by atoms with van der Waals surface area (Å²) >= 11 is 1.96. The summed E-state index contributed by atoms with van der Waals surface area (Å²) in [5, 5.41) is 12.1. The largest absolute Gasteiger partial charge is 0.479 e. The van der Waals surface area contributed by atoms with E-state index in [-0.39, 0.29) is 12.5 Å². The second kappa shape index (κ2) is 11.3. The molecular weight excluding hydrogens is 384 g/mol. The van der Waals surface area contributed by atoms with Crippen LogP contribution in [0, 0.1) is 11.3 Å². The summed E-state index contributed by atoms with van der Waals surface area (Å²) in [5.41, 5.74) is 2.88. The molecule has 1 fully saturated rings. The van der Waals surface area contributed by atoms with Crippen LogP contribution in [0.3, 0.4) is 0 Å². The number of amides is 1. The molecule has 1 aliphatic heterocycles. The van der Waals surface area contributed by atoms with Crippen molar-refractivity contribution in [1.82, 2.24) is 0 Å². The molecule has 0 unspecified atom stereocenters. The number of rotatable bonds is 8. The van der Waals surface area contributed by atoms with Crippen LogP contribution in [0.2, 0.25) is 0 Å². The highest BCUT2D eigenvalue weighted by Gasteiger charge is 2.14. The van der Waals surface area contributed by atoms with Crippen molar-refractivity contribution in [3.05, 3.63) is 65.7 Å². The molecule has 0 spiro atoms. The Bertz CT molecular complexity index is 868. The van der Waals surface area contributed by atoms with Gasteiger partial charge in [0.25, 0.3) is 0 Å². The number of nitrogens with zero attached hydrogens (tertiary/aromatic N) is 1. The predicted molar refractivity (Wildman–Crippen MR) is 117 cm³/mol. The first kappa shape index (κ1) is 21.0. The Morgan fingerprint density at radius 3 is 2.79 bits per heavy atom. The zero-order chi connectivity index (χ0) is 20.3. The molecule has 1 N–H and O–H groups in total. The van der Waals surface area contributed by atoms with Crippen LogP contribution in [0.15, 0.2) is 54.6 Å². The lowest BCUT2D eigenvalue weighted by Gasteiger charge is -2.21. The van der Waals surface area contributed by atoms with Crippen molar-refractivity contribution >= 4 is 29.4 Å². The number of nitriles is 1. The zero-order valence-corrected chi connectivity index (χ0v) is 17.0. The van der Waals surface area contributed by atoms with E-state index in [2.05, 4.69) is 11.4 Å². The van der Waals surface area contributed by atoms with E-state index in [4.69, 9.17) is 14.7 Å². The maximum absolute atomic E-state index is 12.2. The maximum atomic E-state index is 12.2. The average molecular weight is 409 g/mol. The third kappa shape index (κ3) is 7.30. The van der Waals surface area contributed by atoms with Gasteiger partial charge in [-0.3, -0.25) is 4.79 Å². The van der Waals surface area contributed by atoms with Crippen molar-refractivity contribution in [3.8, 4) is 11.8 Å². The van der Waals surface area contributed by atoms with Crippen LogP contribution >= 0.6 is 11.8 Å². The predicted octanol–water partition coefficient (Wildman–Crippen LogP) is 4.65. The number of carbonyl (C=O) groups excluding carboxylic acids is 1. The van der Waals surface area contributed by atoms with Gasteiger partial charge in [-0.15, -0.1) is 0 Å². The number of hydrogen-bond donors (Lipinski definition) is 1. The van der Waals surface area contributed by atoms with Gasteiger partial charge in [0.15, 0.2) is 6.61 Å². The lowest BCUT2D eigenvalue weighted by atomic mass is 10.2. The number of benzene rings is 2. The molecule has 6 heteroatoms. The molecule has 0 atom stereocenters. The molecule has 150 valence electrons. The normalized spacial score (nSPS) is 14.4. The highest BCUT2D eigenvalue weighted by Crippen LogP contribution is 2.26. The lowest BCUT2D eigenvalue weighted by Crippen LogP contribution is -2.17. The fraction of sp³-hybridized carbons (Fsp3) is 0.304. The van der Waals surface area contributed by atoms with Gasteiger partial charge in [-0.25, -0.2) is 0 Å². The SMILES string of the molecule is N#CCOc1ccc(/C=C/C(=O)Nc2cccc(CSC3CCOCC3)c2)cc1. The van der Waals surface area contributed by atoms with Gasteiger partial charge in [-0.2, -0.15) is 17.0 Å². The highest BCUT2D eigenvalue weighted by atomic mass is 32.2. The standard InChI is InChI=1S/C23H24N2O3S/c24-12-15-28-21-7-4-18(5-8-21)6-9-23(26)25-20-3-1-2-19(16-20)17-29-22-10-13-27-14-11-22/h1-9,16,22H,10-11,13-15,17H2,(H,25,26)/b9-6+. The molecule has 0 aliphatic carbocycles. The van der Waals surface area contributed by atoms with Crippen molar-refractivity contribution < 1.29 is 14.3 Å². The third-order valence-corrected chi connectivity index (χ3v) is 5.90. The Morgan fingerprint density at radius 2 is 2.03 bits per heavy atom. The molecule has 2 aromatic rings. The molecule has 29 heavy (non-hydrogen) atoms. The van der Waals surface area contributed by atoms with Crippen LogP contribution in [-0.4, -0.2) is 31.0 Å². The van der Waals surface area contributed by atoms with Crippen molar-refractivity contribution in [1.29, 1.82) is 5.26 Å². The van der Waals surface area contributed by atoms with E-state index in [1.54, 1.807) is 18.2 Å². The summed E-state index contributed by atoms with van der Waals surface area (Å²) < 4.78 is 10.6. The van der Waals surface area contributed by atoms with Crippen LogP contribution in [0.4, 0.5) is 5.69 Å². The molecule has 1 heterocycles. The van der Waals surface area contributed by atoms with Gasteiger partial charge in [-0.05, 0) is 54.3 Å². The number of anilines is 1. The van der Waals surface area contributed by atoms with Crippen LogP contribution in [0.25, 0.3) is 6.08 Å². The Balaban J connectivity index is 1.49. The lowest BCUT2D eigenvalue weighted by molar-refractivity contribution is -0.111. The highest BCUT2D eigenvalue weighted by molar-refractivity contribution is 7.99. The molecule has 5 nitrogen and oxygen atoms in total. The summed E-state index contributed by atoms with van der Waals surface area (Å²) in [4.78, 5) is 12.2. The summed E-state index contributed by atoms with van der Waals surface area (Å²) in [6.45, 7) is 1.73. The van der Waals surface area contributed by atoms with Gasteiger partial charge in [0, 0.05) is 36.0 Å². The van der Waals surface area contributed by atoms with Gasteiger partial charge in [0.05, 0.1) is 0 Å². The minimum absolute atomic E-state index is 0.0181. The Hall–Kier alpha value is -2.75. The molecule has 2 aromatic carbocycles. The van der Waals surface area contributed by atoms with Gasteiger partial charge in [0.1, 0.15) is 11.8 Å². The smallest absolute Gasteiger partial charge is 0.248 e. The van der Waals surface area contributed by atoms with Crippen LogP contribution < -0.4 is 10.1 Å². The van der Waals surface area contributed by atoms with E-state index >= 15 is 0 Å². The van der Waals surface area contributed by atoms with E-state index in [1.165, 1.54) is 11.6 Å². The maximum Gasteiger partial charge on any atom is 0.248 e. The summed E-state index contributed by atoms with van der Waals surface area (Å²) in [6, 6.07) is 17.1. The topological polar surface area (TPSA) is 71.3 Å². The molecule has 0 radical (unpaired) electrons. The Labute approximate surface area is 175 Å². The first-order chi connectivity index (χ1) is 14.2. The first-order valence-corrected chi connectivity index (χ1v) is 10.6. The molecule has 1 amide bonds. The van der Waals surface area contributed by atoms with E-state index < -0.39 is 0 Å². The zero-order valence-electron chi connectivity index (χ0n) is 16.2. The van der Waals surface area contributed by atoms with Gasteiger partial charge in [-0.1, -0.05) is 24.3 Å². The van der Waals surface area contributed by atoms with E-state index in [1.807, 2.05) is 48.2 Å². The summed E-state index contributed by atoms with van der Waals surface area (Å²) in [5.74, 6) is 1.39. The molecule has 0 saturated carbocycles. The second-order valence-corrected chi connectivity index (χ2v) is 7.95. The van der Waals surface area contributed by atoms with Crippen LogP contribution in [-0.2, 0) is 15.3 Å². The summed E-state index contributed by atoms with van der Waals surface area (Å²) in [7, 11) is 0. The van der Waals surface area contributed by atoms with Gasteiger partial charge >= 0.3 is 0 Å². The van der Waals surface area contributed by atoms with E-state index in [9.17, 15) is 4.79 Å². The molecule has 3 rings (SSSR count). The number of thioether (sulfide) groups is 1. The molecule has 0 bridgehead atoms. The van der Waals surface area contributed by atoms with Gasteiger partial charge < -0.3 is 14.8 Å². The monoisotopic (exact) mass is 408 g/mol. The van der Waals surface area contributed by atoms with Crippen molar-refractivity contribution in [2.45, 2.75) is 23.8 Å². The Morgan fingerprint density at radius 1 is 1.24 bits per heavy atom. The minimum atomic E-state index is -0.177. The molecule has 0 aromatic heterocycles. The number of carbonyl (C=O) groups is 1. The third-order valence-electron chi connectivity index (χ3n) is 4.46. The second-order valence-electron chi connectivity index (χ2n) is 6.66. The molecular formula is C23H24N2O3S. The van der Waals surface area contributed by atoms with Crippen molar-refractivity contribution in [2.24, 2.45) is 0 Å². The number of hydrogen-bond acceptors (Lipinski definition) is 5. The van der Waals surface area contributed by atoms with E-state index in [0.29, 0.717) is 11.0 Å². The van der Waals surface area contributed by atoms with Crippen LogP contribution in [0.1, 0.15) is 24.0 Å². The minimum Gasteiger partial charge on any atom is -0.479 e. The number of nitrogens with one attached hydrogen (secondary N) is 1. The first-order valence-electron chi connectivity index (χ1n) is 9.60. The number of ether oxygens (including phenoxy) is 2. The van der Waals surface area contributed by atoms with Gasteiger partial charge in [0.2, 0.25) is 5.91 Å². The fourth-order valence-electron chi connectivity index (χ4n) is 2.94.